The molecule has 0 atom stereocenters. The predicted molar refractivity (Wildman–Crippen MR) is 185 cm³/mol. The highest BCUT2D eigenvalue weighted by molar-refractivity contribution is 4.93. The summed E-state index contributed by atoms with van der Waals surface area (Å²) < 4.78 is 0. The quantitative estimate of drug-likeness (QED) is 0.0589. The van der Waals surface area contributed by atoms with E-state index in [9.17, 15) is 0 Å². The lowest BCUT2D eigenvalue weighted by atomic mass is 10.1. The maximum Gasteiger partial charge on any atom is -0.00187 e. The Morgan fingerprint density at radius 1 is 0.300 bits per heavy atom. The highest BCUT2D eigenvalue weighted by Gasteiger charge is 2.03. The second-order valence-corrected chi connectivity index (χ2v) is 12.0. The second-order valence-electron chi connectivity index (χ2n) is 12.0. The van der Waals surface area contributed by atoms with Crippen molar-refractivity contribution in [2.24, 2.45) is 0 Å². The first-order chi connectivity index (χ1) is 19.8. The topological polar surface area (TPSA) is 3.24 Å². The summed E-state index contributed by atoms with van der Waals surface area (Å²) in [4.78, 5) is 2.74. The highest BCUT2D eigenvalue weighted by atomic mass is 15.1. The van der Waals surface area contributed by atoms with E-state index in [1.807, 2.05) is 0 Å². The molecule has 0 amide bonds. The molecule has 0 fully saturated rings. The Morgan fingerprint density at radius 2 is 0.625 bits per heavy atom. The lowest BCUT2D eigenvalue weighted by Gasteiger charge is -2.21. The fourth-order valence-electron chi connectivity index (χ4n) is 5.30. The van der Waals surface area contributed by atoms with Gasteiger partial charge in [-0.25, -0.2) is 0 Å². The summed E-state index contributed by atoms with van der Waals surface area (Å²) in [6, 6.07) is 0. The molecule has 0 saturated carbocycles. The summed E-state index contributed by atoms with van der Waals surface area (Å²) in [5, 5.41) is 0. The fourth-order valence-corrected chi connectivity index (χ4v) is 5.30. The minimum atomic E-state index is 1.12. The first-order valence-electron chi connectivity index (χ1n) is 18.2. The fraction of sp³-hybridized carbons (Fsp3) is 0.795. The molecule has 0 radical (unpaired) electrons. The number of hydrogen-bond donors (Lipinski definition) is 0. The SMILES string of the molecule is CCCCC/C=C\C/C=C\CCCCCCCCN(CCC)CCCCCCCC/C=C\C/C=C\CCCCC. The van der Waals surface area contributed by atoms with E-state index >= 15 is 0 Å². The molecule has 0 heterocycles. The van der Waals surface area contributed by atoms with Crippen molar-refractivity contribution in [3.8, 4) is 0 Å². The van der Waals surface area contributed by atoms with E-state index in [0.29, 0.717) is 0 Å². The van der Waals surface area contributed by atoms with Gasteiger partial charge in [-0.3, -0.25) is 0 Å². The molecule has 234 valence electrons. The molecule has 0 aliphatic heterocycles. The summed E-state index contributed by atoms with van der Waals surface area (Å²) in [6.45, 7) is 10.8. The van der Waals surface area contributed by atoms with Gasteiger partial charge in [-0.2, -0.15) is 0 Å². The van der Waals surface area contributed by atoms with Gasteiger partial charge in [-0.05, 0) is 103 Å². The summed E-state index contributed by atoms with van der Waals surface area (Å²) in [5.41, 5.74) is 0. The van der Waals surface area contributed by atoms with Gasteiger partial charge in [0.05, 0.1) is 0 Å². The van der Waals surface area contributed by atoms with Crippen LogP contribution < -0.4 is 0 Å². The molecule has 0 N–H and O–H groups in total. The molecule has 0 saturated heterocycles. The van der Waals surface area contributed by atoms with E-state index in [1.165, 1.54) is 167 Å². The third-order valence-electron chi connectivity index (χ3n) is 7.89. The van der Waals surface area contributed by atoms with Crippen LogP contribution in [-0.2, 0) is 0 Å². The van der Waals surface area contributed by atoms with Gasteiger partial charge in [0.25, 0.3) is 0 Å². The Hall–Kier alpha value is -1.08. The minimum absolute atomic E-state index is 1.12. The first-order valence-corrected chi connectivity index (χ1v) is 18.2. The second kappa shape index (κ2) is 35.9. The van der Waals surface area contributed by atoms with E-state index in [0.717, 1.165) is 12.8 Å². The van der Waals surface area contributed by atoms with E-state index in [4.69, 9.17) is 0 Å². The van der Waals surface area contributed by atoms with Crippen LogP contribution in [0.25, 0.3) is 0 Å². The Balaban J connectivity index is 3.51. The number of rotatable bonds is 32. The van der Waals surface area contributed by atoms with E-state index in [-0.39, 0.29) is 0 Å². The zero-order valence-electron chi connectivity index (χ0n) is 27.9. The molecule has 0 spiro atoms. The Kier molecular flexibility index (Phi) is 35.0. The van der Waals surface area contributed by atoms with E-state index in [2.05, 4.69) is 74.3 Å². The highest BCUT2D eigenvalue weighted by Crippen LogP contribution is 2.11. The standard InChI is InChI=1S/C39H73N/c1-4-7-9-11-13-15-17-19-21-23-25-27-29-31-33-35-38-40(37-6-3)39-36-34-32-30-28-26-24-22-20-18-16-14-12-10-8-5-2/h13-16,19-22H,4-12,17-18,23-39H2,1-3H3/b15-13-,16-14-,21-19-,22-20-. The van der Waals surface area contributed by atoms with E-state index in [1.54, 1.807) is 0 Å². The molecule has 0 aliphatic rings. The molecule has 0 aromatic rings. The van der Waals surface area contributed by atoms with Crippen molar-refractivity contribution < 1.29 is 0 Å². The van der Waals surface area contributed by atoms with Crippen LogP contribution in [0.5, 0.6) is 0 Å². The van der Waals surface area contributed by atoms with Crippen molar-refractivity contribution in [2.45, 2.75) is 181 Å². The normalized spacial score (nSPS) is 12.5. The van der Waals surface area contributed by atoms with Gasteiger partial charge in [-0.15, -0.1) is 0 Å². The molecule has 0 aromatic heterocycles. The van der Waals surface area contributed by atoms with Crippen LogP contribution in [0.4, 0.5) is 0 Å². The average Bonchev–Trinajstić information content (AvgIpc) is 2.96. The number of hydrogen-bond acceptors (Lipinski definition) is 1. The van der Waals surface area contributed by atoms with Crippen LogP contribution in [0.3, 0.4) is 0 Å². The maximum atomic E-state index is 2.74. The average molecular weight is 556 g/mol. The number of unbranched alkanes of at least 4 members (excludes halogenated alkanes) is 18. The maximum absolute atomic E-state index is 2.74. The van der Waals surface area contributed by atoms with Crippen LogP contribution in [0.15, 0.2) is 48.6 Å². The lowest BCUT2D eigenvalue weighted by Crippen LogP contribution is -2.27. The molecule has 0 aromatic carbocycles. The van der Waals surface area contributed by atoms with Crippen molar-refractivity contribution in [3.63, 3.8) is 0 Å². The smallest absolute Gasteiger partial charge is 0.00187 e. The van der Waals surface area contributed by atoms with Crippen LogP contribution in [-0.4, -0.2) is 24.5 Å². The van der Waals surface area contributed by atoms with Crippen molar-refractivity contribution in [1.82, 2.24) is 4.90 Å². The molecule has 0 bridgehead atoms. The molecule has 0 aliphatic carbocycles. The van der Waals surface area contributed by atoms with Gasteiger partial charge in [0, 0.05) is 0 Å². The third kappa shape index (κ3) is 33.1. The van der Waals surface area contributed by atoms with Gasteiger partial charge >= 0.3 is 0 Å². The van der Waals surface area contributed by atoms with Gasteiger partial charge in [0.1, 0.15) is 0 Å². The third-order valence-corrected chi connectivity index (χ3v) is 7.89. The summed E-state index contributed by atoms with van der Waals surface area (Å²) in [6.07, 6.45) is 52.4. The minimum Gasteiger partial charge on any atom is -0.303 e. The monoisotopic (exact) mass is 556 g/mol. The molecule has 0 rings (SSSR count). The lowest BCUT2D eigenvalue weighted by molar-refractivity contribution is 0.260. The van der Waals surface area contributed by atoms with Crippen LogP contribution >= 0.6 is 0 Å². The van der Waals surface area contributed by atoms with E-state index < -0.39 is 0 Å². The van der Waals surface area contributed by atoms with Gasteiger partial charge in [0.2, 0.25) is 0 Å². The summed E-state index contributed by atoms with van der Waals surface area (Å²) in [5.74, 6) is 0. The van der Waals surface area contributed by atoms with Gasteiger partial charge in [0.15, 0.2) is 0 Å². The first kappa shape index (κ1) is 38.9. The van der Waals surface area contributed by atoms with Crippen molar-refractivity contribution >= 4 is 0 Å². The summed E-state index contributed by atoms with van der Waals surface area (Å²) in [7, 11) is 0. The Bertz CT molecular complexity index is 521. The predicted octanol–water partition coefficient (Wildman–Crippen LogP) is 13.3. The van der Waals surface area contributed by atoms with Crippen LogP contribution in [0, 0.1) is 0 Å². The molecule has 0 unspecified atom stereocenters. The molecule has 40 heavy (non-hydrogen) atoms. The van der Waals surface area contributed by atoms with Gasteiger partial charge in [-0.1, -0.05) is 146 Å². The Labute approximate surface area is 254 Å². The molecular weight excluding hydrogens is 482 g/mol. The zero-order chi connectivity index (χ0) is 29.0. The summed E-state index contributed by atoms with van der Waals surface area (Å²) >= 11 is 0. The number of nitrogens with zero attached hydrogens (tertiary/aromatic N) is 1. The largest absolute Gasteiger partial charge is 0.303 e. The molecular formula is C39H73N. The van der Waals surface area contributed by atoms with Crippen LogP contribution in [0.2, 0.25) is 0 Å². The van der Waals surface area contributed by atoms with Gasteiger partial charge < -0.3 is 4.90 Å². The van der Waals surface area contributed by atoms with Crippen molar-refractivity contribution in [1.29, 1.82) is 0 Å². The van der Waals surface area contributed by atoms with Crippen molar-refractivity contribution in [2.75, 3.05) is 19.6 Å². The van der Waals surface area contributed by atoms with Crippen molar-refractivity contribution in [3.05, 3.63) is 48.6 Å². The van der Waals surface area contributed by atoms with Crippen LogP contribution in [0.1, 0.15) is 181 Å². The molecule has 1 heteroatoms. The number of allylic oxidation sites excluding steroid dienone is 8. The molecule has 1 nitrogen and oxygen atoms in total. The zero-order valence-corrected chi connectivity index (χ0v) is 27.9. The Morgan fingerprint density at radius 3 is 0.975 bits per heavy atom.